The van der Waals surface area contributed by atoms with Crippen molar-refractivity contribution in [2.75, 3.05) is 29.9 Å². The Morgan fingerprint density at radius 2 is 1.96 bits per heavy atom. The number of fused-ring (bicyclic) bond motifs is 1. The summed E-state index contributed by atoms with van der Waals surface area (Å²) in [4.78, 5) is 18.1. The van der Waals surface area contributed by atoms with Crippen LogP contribution in [0, 0.1) is 11.3 Å². The van der Waals surface area contributed by atoms with Crippen LogP contribution in [-0.4, -0.2) is 31.8 Å². The minimum Gasteiger partial charge on any atom is -0.443 e. The predicted octanol–water partition coefficient (Wildman–Crippen LogP) is 4.48. The fraction of sp³-hybridized carbons (Fsp3) is 0.368. The van der Waals surface area contributed by atoms with Gasteiger partial charge < -0.3 is 9.64 Å². The number of nitriles is 1. The molecule has 2 aromatic rings. The van der Waals surface area contributed by atoms with Crippen molar-refractivity contribution in [2.24, 2.45) is 0 Å². The summed E-state index contributed by atoms with van der Waals surface area (Å²) in [5.41, 5.74) is 2.30. The van der Waals surface area contributed by atoms with Gasteiger partial charge in [0.15, 0.2) is 0 Å². The van der Waals surface area contributed by atoms with Gasteiger partial charge in [-0.15, -0.1) is 11.3 Å². The van der Waals surface area contributed by atoms with Gasteiger partial charge in [-0.3, -0.25) is 4.90 Å². The first-order valence-corrected chi connectivity index (χ1v) is 8.96. The number of rotatable bonds is 1. The van der Waals surface area contributed by atoms with Gasteiger partial charge in [-0.1, -0.05) is 6.07 Å². The Bertz CT molecular complexity index is 845. The molecule has 1 aromatic carbocycles. The highest BCUT2D eigenvalue weighted by Crippen LogP contribution is 2.38. The van der Waals surface area contributed by atoms with E-state index in [1.807, 2.05) is 58.2 Å². The Hall–Kier alpha value is -2.52. The number of benzene rings is 1. The van der Waals surface area contributed by atoms with E-state index in [1.165, 1.54) is 11.3 Å². The van der Waals surface area contributed by atoms with Crippen LogP contribution < -0.4 is 9.80 Å². The highest BCUT2D eigenvalue weighted by atomic mass is 32.1. The molecule has 1 aliphatic rings. The van der Waals surface area contributed by atoms with E-state index in [0.29, 0.717) is 11.4 Å². The van der Waals surface area contributed by atoms with Crippen molar-refractivity contribution < 1.29 is 9.53 Å². The van der Waals surface area contributed by atoms with E-state index in [0.717, 1.165) is 28.4 Å². The van der Waals surface area contributed by atoms with E-state index in [1.54, 1.807) is 4.90 Å². The van der Waals surface area contributed by atoms with Crippen LogP contribution in [0.5, 0.6) is 0 Å². The zero-order valence-corrected chi connectivity index (χ0v) is 15.7. The van der Waals surface area contributed by atoms with Crippen LogP contribution in [-0.2, 0) is 4.74 Å². The first-order chi connectivity index (χ1) is 11.8. The molecule has 1 aliphatic heterocycles. The van der Waals surface area contributed by atoms with Gasteiger partial charge in [-0.25, -0.2) is 4.79 Å². The quantitative estimate of drug-likeness (QED) is 0.757. The monoisotopic (exact) mass is 355 g/mol. The van der Waals surface area contributed by atoms with Gasteiger partial charge in [0.2, 0.25) is 0 Å². The van der Waals surface area contributed by atoms with E-state index in [-0.39, 0.29) is 6.09 Å². The average Bonchev–Trinajstić information content (AvgIpc) is 3.02. The Labute approximate surface area is 152 Å². The molecule has 5 nitrogen and oxygen atoms in total. The summed E-state index contributed by atoms with van der Waals surface area (Å²) in [7, 11) is 2.02. The number of hydrogen-bond acceptors (Lipinski definition) is 5. The van der Waals surface area contributed by atoms with Crippen molar-refractivity contribution in [3.05, 3.63) is 35.2 Å². The maximum absolute atomic E-state index is 12.6. The zero-order chi connectivity index (χ0) is 18.2. The van der Waals surface area contributed by atoms with Gasteiger partial charge in [0.05, 0.1) is 11.4 Å². The maximum Gasteiger partial charge on any atom is 0.414 e. The average molecular weight is 355 g/mol. The molecule has 2 heterocycles. The molecular formula is C19H21N3O2S. The van der Waals surface area contributed by atoms with Gasteiger partial charge in [0.25, 0.3) is 0 Å². The number of anilines is 2. The van der Waals surface area contributed by atoms with Crippen LogP contribution in [0.15, 0.2) is 30.3 Å². The molecule has 0 saturated carbocycles. The molecular weight excluding hydrogens is 334 g/mol. The van der Waals surface area contributed by atoms with Crippen molar-refractivity contribution in [3.63, 3.8) is 0 Å². The molecule has 0 N–H and O–H groups in total. The van der Waals surface area contributed by atoms with Gasteiger partial charge in [-0.05, 0) is 50.6 Å². The molecule has 0 aliphatic carbocycles. The first-order valence-electron chi connectivity index (χ1n) is 8.14. The Morgan fingerprint density at radius 1 is 1.20 bits per heavy atom. The summed E-state index contributed by atoms with van der Waals surface area (Å²) in [6, 6.07) is 12.0. The lowest BCUT2D eigenvalue weighted by atomic mass is 10.1. The molecule has 1 amide bonds. The number of carbonyl (C=O) groups is 1. The number of carbonyl (C=O) groups excluding carboxylic acids is 1. The number of ether oxygens (including phenoxy) is 1. The first kappa shape index (κ1) is 17.3. The van der Waals surface area contributed by atoms with E-state index in [9.17, 15) is 4.79 Å². The largest absolute Gasteiger partial charge is 0.443 e. The fourth-order valence-electron chi connectivity index (χ4n) is 2.77. The molecule has 25 heavy (non-hydrogen) atoms. The van der Waals surface area contributed by atoms with E-state index >= 15 is 0 Å². The van der Waals surface area contributed by atoms with Crippen LogP contribution in [0.25, 0.3) is 10.4 Å². The molecule has 0 spiro atoms. The Balaban J connectivity index is 2.00. The Morgan fingerprint density at radius 3 is 2.60 bits per heavy atom. The molecule has 6 heteroatoms. The molecule has 1 aromatic heterocycles. The minimum atomic E-state index is -0.534. The predicted molar refractivity (Wildman–Crippen MR) is 101 cm³/mol. The molecule has 0 bridgehead atoms. The summed E-state index contributed by atoms with van der Waals surface area (Å²) in [5.74, 6) is 0. The second-order valence-electron chi connectivity index (χ2n) is 7.03. The Kier molecular flexibility index (Phi) is 4.44. The second-order valence-corrected chi connectivity index (χ2v) is 8.12. The van der Waals surface area contributed by atoms with Crippen molar-refractivity contribution in [1.29, 1.82) is 5.26 Å². The normalized spacial score (nSPS) is 14.0. The van der Waals surface area contributed by atoms with Crippen molar-refractivity contribution in [2.45, 2.75) is 26.4 Å². The zero-order valence-electron chi connectivity index (χ0n) is 14.9. The number of amides is 1. The summed E-state index contributed by atoms with van der Waals surface area (Å²) in [6.07, 6.45) is -0.331. The topological polar surface area (TPSA) is 56.6 Å². The third-order valence-electron chi connectivity index (χ3n) is 3.95. The van der Waals surface area contributed by atoms with Gasteiger partial charge >= 0.3 is 6.09 Å². The summed E-state index contributed by atoms with van der Waals surface area (Å²) < 4.78 is 5.56. The lowest BCUT2D eigenvalue weighted by Gasteiger charge is -2.36. The number of likely N-dealkylation sites (N-methyl/N-ethyl adjacent to an activating group) is 1. The van der Waals surface area contributed by atoms with E-state index < -0.39 is 5.60 Å². The molecule has 130 valence electrons. The van der Waals surface area contributed by atoms with Crippen LogP contribution in [0.2, 0.25) is 0 Å². The number of thiophene rings is 1. The maximum atomic E-state index is 12.6. The fourth-order valence-corrected chi connectivity index (χ4v) is 3.57. The highest BCUT2D eigenvalue weighted by molar-refractivity contribution is 7.16. The summed E-state index contributed by atoms with van der Waals surface area (Å²) in [6.45, 7) is 6.94. The molecule has 0 radical (unpaired) electrons. The minimum absolute atomic E-state index is 0.331. The van der Waals surface area contributed by atoms with Crippen molar-refractivity contribution in [1.82, 2.24) is 0 Å². The van der Waals surface area contributed by atoms with Gasteiger partial charge in [0, 0.05) is 25.0 Å². The van der Waals surface area contributed by atoms with Crippen LogP contribution in [0.4, 0.5) is 16.2 Å². The molecule has 0 unspecified atom stereocenters. The van der Waals surface area contributed by atoms with Gasteiger partial charge in [0.1, 0.15) is 16.5 Å². The van der Waals surface area contributed by atoms with Crippen LogP contribution >= 0.6 is 11.3 Å². The van der Waals surface area contributed by atoms with Gasteiger partial charge in [-0.2, -0.15) is 5.26 Å². The molecule has 0 fully saturated rings. The summed E-state index contributed by atoms with van der Waals surface area (Å²) in [5, 5.41) is 9.03. The molecule has 0 atom stereocenters. The lowest BCUT2D eigenvalue weighted by molar-refractivity contribution is 0.0580. The SMILES string of the molecule is CN1CCN(C(=O)OC(C)(C)C)c2cc(-c3ccc(C#N)s3)ccc21. The number of nitrogens with zero attached hydrogens (tertiary/aromatic N) is 3. The van der Waals surface area contributed by atoms with Crippen molar-refractivity contribution >= 4 is 28.8 Å². The summed E-state index contributed by atoms with van der Waals surface area (Å²) >= 11 is 1.45. The van der Waals surface area contributed by atoms with E-state index in [2.05, 4.69) is 11.0 Å². The van der Waals surface area contributed by atoms with E-state index in [4.69, 9.17) is 10.00 Å². The van der Waals surface area contributed by atoms with Crippen LogP contribution in [0.1, 0.15) is 25.6 Å². The van der Waals surface area contributed by atoms with Crippen molar-refractivity contribution in [3.8, 4) is 16.5 Å². The van der Waals surface area contributed by atoms with Crippen LogP contribution in [0.3, 0.4) is 0 Å². The second kappa shape index (κ2) is 6.41. The lowest BCUT2D eigenvalue weighted by Crippen LogP contribution is -2.44. The highest BCUT2D eigenvalue weighted by Gasteiger charge is 2.29. The molecule has 3 rings (SSSR count). The smallest absolute Gasteiger partial charge is 0.414 e. The molecule has 0 saturated heterocycles. The number of hydrogen-bond donors (Lipinski definition) is 0. The third-order valence-corrected chi connectivity index (χ3v) is 4.99. The standard InChI is InChI=1S/C19H21N3O2S/c1-19(2,3)24-18(23)22-10-9-21(4)15-7-5-13(11-16(15)22)17-8-6-14(12-20)25-17/h5-8,11H,9-10H2,1-4H3. The third kappa shape index (κ3) is 3.62.